The molecule has 4 heteroatoms. The SMILES string of the molecule is CC(=O)NCCOc1ccc(N2CCCC2)cc1. The minimum atomic E-state index is -0.0250. The van der Waals surface area contributed by atoms with Gasteiger partial charge in [0, 0.05) is 25.7 Å². The van der Waals surface area contributed by atoms with Crippen molar-refractivity contribution in [2.75, 3.05) is 31.1 Å². The zero-order valence-corrected chi connectivity index (χ0v) is 10.8. The Morgan fingerprint density at radius 3 is 2.56 bits per heavy atom. The van der Waals surface area contributed by atoms with Gasteiger partial charge in [0.15, 0.2) is 0 Å². The van der Waals surface area contributed by atoms with Crippen LogP contribution >= 0.6 is 0 Å². The highest BCUT2D eigenvalue weighted by Gasteiger charge is 2.11. The molecule has 0 spiro atoms. The number of rotatable bonds is 5. The number of hydrogen-bond donors (Lipinski definition) is 1. The maximum atomic E-state index is 10.7. The molecule has 4 nitrogen and oxygen atoms in total. The van der Waals surface area contributed by atoms with E-state index in [1.165, 1.54) is 25.5 Å². The normalized spacial score (nSPS) is 14.6. The van der Waals surface area contributed by atoms with E-state index in [1.807, 2.05) is 12.1 Å². The largest absolute Gasteiger partial charge is 0.492 e. The fourth-order valence-electron chi connectivity index (χ4n) is 2.12. The fraction of sp³-hybridized carbons (Fsp3) is 0.500. The van der Waals surface area contributed by atoms with Crippen LogP contribution in [0.25, 0.3) is 0 Å². The van der Waals surface area contributed by atoms with Crippen molar-refractivity contribution < 1.29 is 9.53 Å². The van der Waals surface area contributed by atoms with E-state index < -0.39 is 0 Å². The summed E-state index contributed by atoms with van der Waals surface area (Å²) in [7, 11) is 0. The maximum Gasteiger partial charge on any atom is 0.216 e. The second-order valence-electron chi connectivity index (χ2n) is 4.52. The summed E-state index contributed by atoms with van der Waals surface area (Å²) in [5.74, 6) is 0.825. The summed E-state index contributed by atoms with van der Waals surface area (Å²) in [6, 6.07) is 8.17. The van der Waals surface area contributed by atoms with Gasteiger partial charge in [-0.3, -0.25) is 4.79 Å². The van der Waals surface area contributed by atoms with Crippen molar-refractivity contribution in [3.05, 3.63) is 24.3 Å². The standard InChI is InChI=1S/C14H20N2O2/c1-12(17)15-8-11-18-14-6-4-13(5-7-14)16-9-2-3-10-16/h4-7H,2-3,8-11H2,1H3,(H,15,17). The summed E-state index contributed by atoms with van der Waals surface area (Å²) in [6.45, 7) is 4.86. The Morgan fingerprint density at radius 1 is 1.28 bits per heavy atom. The molecule has 1 heterocycles. The van der Waals surface area contributed by atoms with E-state index in [-0.39, 0.29) is 5.91 Å². The predicted octanol–water partition coefficient (Wildman–Crippen LogP) is 1.80. The second kappa shape index (κ2) is 6.28. The van der Waals surface area contributed by atoms with Crippen LogP contribution in [0, 0.1) is 0 Å². The third kappa shape index (κ3) is 3.65. The molecule has 0 radical (unpaired) electrons. The number of carbonyl (C=O) groups is 1. The molecule has 0 atom stereocenters. The predicted molar refractivity (Wildman–Crippen MR) is 72.1 cm³/mol. The van der Waals surface area contributed by atoms with E-state index in [2.05, 4.69) is 22.3 Å². The molecule has 1 N–H and O–H groups in total. The van der Waals surface area contributed by atoms with Gasteiger partial charge in [-0.05, 0) is 37.1 Å². The fourth-order valence-corrected chi connectivity index (χ4v) is 2.12. The Kier molecular flexibility index (Phi) is 4.45. The first-order valence-electron chi connectivity index (χ1n) is 6.48. The number of amides is 1. The third-order valence-corrected chi connectivity index (χ3v) is 3.05. The van der Waals surface area contributed by atoms with Crippen molar-refractivity contribution in [1.82, 2.24) is 5.32 Å². The average molecular weight is 248 g/mol. The highest BCUT2D eigenvalue weighted by Crippen LogP contribution is 2.22. The van der Waals surface area contributed by atoms with Crippen molar-refractivity contribution in [2.24, 2.45) is 0 Å². The molecule has 1 saturated heterocycles. The summed E-state index contributed by atoms with van der Waals surface area (Å²) in [4.78, 5) is 13.1. The molecule has 98 valence electrons. The number of nitrogens with zero attached hydrogens (tertiary/aromatic N) is 1. The van der Waals surface area contributed by atoms with E-state index in [1.54, 1.807) is 0 Å². The van der Waals surface area contributed by atoms with Crippen LogP contribution in [-0.2, 0) is 4.79 Å². The van der Waals surface area contributed by atoms with Gasteiger partial charge in [-0.25, -0.2) is 0 Å². The van der Waals surface area contributed by atoms with Gasteiger partial charge in [-0.1, -0.05) is 0 Å². The monoisotopic (exact) mass is 248 g/mol. The van der Waals surface area contributed by atoms with E-state index in [0.29, 0.717) is 13.2 Å². The van der Waals surface area contributed by atoms with Crippen LogP contribution in [0.2, 0.25) is 0 Å². The number of nitrogens with one attached hydrogen (secondary N) is 1. The minimum absolute atomic E-state index is 0.0250. The van der Waals surface area contributed by atoms with Crippen molar-refractivity contribution >= 4 is 11.6 Å². The van der Waals surface area contributed by atoms with Crippen LogP contribution in [0.1, 0.15) is 19.8 Å². The molecule has 0 aliphatic carbocycles. The molecule has 1 aliphatic heterocycles. The molecule has 1 aromatic carbocycles. The number of ether oxygens (including phenoxy) is 1. The van der Waals surface area contributed by atoms with Crippen LogP contribution in [-0.4, -0.2) is 32.1 Å². The molecule has 1 amide bonds. The first-order chi connectivity index (χ1) is 8.75. The van der Waals surface area contributed by atoms with Gasteiger partial charge in [-0.15, -0.1) is 0 Å². The van der Waals surface area contributed by atoms with Crippen LogP contribution in [0.15, 0.2) is 24.3 Å². The summed E-state index contributed by atoms with van der Waals surface area (Å²) < 4.78 is 5.54. The Morgan fingerprint density at radius 2 is 1.94 bits per heavy atom. The minimum Gasteiger partial charge on any atom is -0.492 e. The van der Waals surface area contributed by atoms with E-state index in [0.717, 1.165) is 18.8 Å². The smallest absolute Gasteiger partial charge is 0.216 e. The van der Waals surface area contributed by atoms with Gasteiger partial charge in [0.2, 0.25) is 5.91 Å². The third-order valence-electron chi connectivity index (χ3n) is 3.05. The summed E-state index contributed by atoms with van der Waals surface area (Å²) in [6.07, 6.45) is 2.57. The Balaban J connectivity index is 1.78. The first kappa shape index (κ1) is 12.7. The second-order valence-corrected chi connectivity index (χ2v) is 4.52. The summed E-state index contributed by atoms with van der Waals surface area (Å²) in [5, 5.41) is 2.70. The van der Waals surface area contributed by atoms with E-state index >= 15 is 0 Å². The molecule has 0 bridgehead atoms. The average Bonchev–Trinajstić information content (AvgIpc) is 2.89. The zero-order valence-electron chi connectivity index (χ0n) is 10.8. The molecule has 0 saturated carbocycles. The van der Waals surface area contributed by atoms with Gasteiger partial charge >= 0.3 is 0 Å². The molecular formula is C14H20N2O2. The highest BCUT2D eigenvalue weighted by atomic mass is 16.5. The molecule has 1 aliphatic rings. The number of carbonyl (C=O) groups excluding carboxylic acids is 1. The Hall–Kier alpha value is -1.71. The van der Waals surface area contributed by atoms with Crippen molar-refractivity contribution in [1.29, 1.82) is 0 Å². The molecule has 0 unspecified atom stereocenters. The van der Waals surface area contributed by atoms with Crippen molar-refractivity contribution in [3.8, 4) is 5.75 Å². The number of hydrogen-bond acceptors (Lipinski definition) is 3. The lowest BCUT2D eigenvalue weighted by Gasteiger charge is -2.17. The van der Waals surface area contributed by atoms with Gasteiger partial charge in [0.1, 0.15) is 12.4 Å². The maximum absolute atomic E-state index is 10.7. The van der Waals surface area contributed by atoms with E-state index in [4.69, 9.17) is 4.74 Å². The lowest BCUT2D eigenvalue weighted by molar-refractivity contribution is -0.119. The van der Waals surface area contributed by atoms with Crippen molar-refractivity contribution in [3.63, 3.8) is 0 Å². The highest BCUT2D eigenvalue weighted by molar-refractivity contribution is 5.72. The Bertz CT molecular complexity index is 383. The van der Waals surface area contributed by atoms with Crippen LogP contribution in [0.3, 0.4) is 0 Å². The van der Waals surface area contributed by atoms with Crippen LogP contribution < -0.4 is 15.0 Å². The van der Waals surface area contributed by atoms with Gasteiger partial charge in [0.25, 0.3) is 0 Å². The summed E-state index contributed by atoms with van der Waals surface area (Å²) in [5.41, 5.74) is 1.27. The topological polar surface area (TPSA) is 41.6 Å². The molecule has 1 fully saturated rings. The Labute approximate surface area is 108 Å². The first-order valence-corrected chi connectivity index (χ1v) is 6.48. The number of benzene rings is 1. The molecule has 2 rings (SSSR count). The summed E-state index contributed by atoms with van der Waals surface area (Å²) >= 11 is 0. The lowest BCUT2D eigenvalue weighted by Crippen LogP contribution is -2.25. The van der Waals surface area contributed by atoms with Crippen molar-refractivity contribution in [2.45, 2.75) is 19.8 Å². The zero-order chi connectivity index (χ0) is 12.8. The van der Waals surface area contributed by atoms with Gasteiger partial charge < -0.3 is 15.0 Å². The van der Waals surface area contributed by atoms with Gasteiger partial charge in [0.05, 0.1) is 6.54 Å². The molecule has 18 heavy (non-hydrogen) atoms. The van der Waals surface area contributed by atoms with Gasteiger partial charge in [-0.2, -0.15) is 0 Å². The van der Waals surface area contributed by atoms with E-state index in [9.17, 15) is 4.79 Å². The lowest BCUT2D eigenvalue weighted by atomic mass is 10.3. The quantitative estimate of drug-likeness (QED) is 0.808. The molecule has 0 aromatic heterocycles. The molecular weight excluding hydrogens is 228 g/mol. The van der Waals surface area contributed by atoms with Crippen LogP contribution in [0.4, 0.5) is 5.69 Å². The molecule has 1 aromatic rings. The number of anilines is 1. The van der Waals surface area contributed by atoms with Crippen LogP contribution in [0.5, 0.6) is 5.75 Å².